The van der Waals surface area contributed by atoms with Crippen molar-refractivity contribution in [3.63, 3.8) is 0 Å². The Morgan fingerprint density at radius 1 is 1.30 bits per heavy atom. The lowest BCUT2D eigenvalue weighted by atomic mass is 10.1. The van der Waals surface area contributed by atoms with Crippen molar-refractivity contribution in [2.24, 2.45) is 5.73 Å². The molecule has 0 aliphatic carbocycles. The number of halogens is 1. The van der Waals surface area contributed by atoms with Crippen LogP contribution in [0.2, 0.25) is 0 Å². The first-order valence-corrected chi connectivity index (χ1v) is 7.30. The van der Waals surface area contributed by atoms with Crippen LogP contribution in [0.25, 0.3) is 11.0 Å². The Labute approximate surface area is 125 Å². The van der Waals surface area contributed by atoms with Crippen molar-refractivity contribution in [3.8, 4) is 0 Å². The molecule has 0 radical (unpaired) electrons. The molecule has 0 spiro atoms. The average Bonchev–Trinajstić information content (AvgIpc) is 2.92. The van der Waals surface area contributed by atoms with Crippen molar-refractivity contribution in [3.05, 3.63) is 51.4 Å². The highest BCUT2D eigenvalue weighted by Crippen LogP contribution is 2.27. The third-order valence-electron chi connectivity index (χ3n) is 3.57. The van der Waals surface area contributed by atoms with Crippen LogP contribution in [0.15, 0.2) is 33.2 Å². The van der Waals surface area contributed by atoms with Gasteiger partial charge in [-0.2, -0.15) is 5.10 Å². The molecule has 0 bridgehead atoms. The highest BCUT2D eigenvalue weighted by atomic mass is 79.9. The van der Waals surface area contributed by atoms with Gasteiger partial charge in [-0.3, -0.25) is 4.68 Å². The maximum atomic E-state index is 5.94. The van der Waals surface area contributed by atoms with Crippen molar-refractivity contribution in [1.29, 1.82) is 0 Å². The van der Waals surface area contributed by atoms with E-state index in [-0.39, 0.29) is 0 Å². The third-order valence-corrected chi connectivity index (χ3v) is 4.72. The summed E-state index contributed by atoms with van der Waals surface area (Å²) in [7, 11) is 0. The van der Waals surface area contributed by atoms with E-state index in [1.54, 1.807) is 0 Å². The summed E-state index contributed by atoms with van der Waals surface area (Å²) in [4.78, 5) is 0. The number of nitrogens with two attached hydrogens (primary N) is 1. The van der Waals surface area contributed by atoms with Gasteiger partial charge in [-0.1, -0.05) is 18.2 Å². The summed E-state index contributed by atoms with van der Waals surface area (Å²) in [5, 5.41) is 5.61. The largest absolute Gasteiger partial charge is 0.459 e. The molecule has 5 heteroatoms. The summed E-state index contributed by atoms with van der Waals surface area (Å²) in [5.74, 6) is 0.881. The smallest absolute Gasteiger partial charge is 0.134 e. The predicted octanol–water partition coefficient (Wildman–Crippen LogP) is 3.52. The monoisotopic (exact) mass is 333 g/mol. The molecule has 0 atom stereocenters. The fourth-order valence-corrected chi connectivity index (χ4v) is 2.75. The number of para-hydroxylation sites is 1. The highest BCUT2D eigenvalue weighted by molar-refractivity contribution is 9.10. The molecule has 3 aromatic rings. The van der Waals surface area contributed by atoms with E-state index in [0.717, 1.165) is 38.2 Å². The lowest BCUT2D eigenvalue weighted by Gasteiger charge is -2.04. The Morgan fingerprint density at radius 3 is 2.70 bits per heavy atom. The van der Waals surface area contributed by atoms with Crippen LogP contribution in [0.3, 0.4) is 0 Å². The molecule has 2 N–H and O–H groups in total. The minimum Gasteiger partial charge on any atom is -0.459 e. The Bertz CT molecular complexity index is 773. The van der Waals surface area contributed by atoms with E-state index in [1.165, 1.54) is 0 Å². The van der Waals surface area contributed by atoms with E-state index >= 15 is 0 Å². The number of rotatable bonds is 3. The molecule has 20 heavy (non-hydrogen) atoms. The topological polar surface area (TPSA) is 57.0 Å². The van der Waals surface area contributed by atoms with E-state index in [0.29, 0.717) is 13.1 Å². The van der Waals surface area contributed by atoms with Gasteiger partial charge in [0.1, 0.15) is 11.3 Å². The molecule has 104 valence electrons. The third kappa shape index (κ3) is 2.07. The Kier molecular flexibility index (Phi) is 3.40. The van der Waals surface area contributed by atoms with Gasteiger partial charge in [0.25, 0.3) is 0 Å². The maximum Gasteiger partial charge on any atom is 0.134 e. The van der Waals surface area contributed by atoms with Gasteiger partial charge in [0.05, 0.1) is 22.4 Å². The van der Waals surface area contributed by atoms with Gasteiger partial charge in [0, 0.05) is 17.5 Å². The molecule has 0 aliphatic rings. The molecule has 1 aromatic carbocycles. The number of hydrogen-bond acceptors (Lipinski definition) is 3. The molecule has 0 saturated carbocycles. The first kappa shape index (κ1) is 13.4. The highest BCUT2D eigenvalue weighted by Gasteiger charge is 2.16. The van der Waals surface area contributed by atoms with E-state index < -0.39 is 0 Å². The SMILES string of the molecule is Cc1nn(Cc2oc3ccccc3c2CN)c(C)c1Br. The second-order valence-electron chi connectivity index (χ2n) is 4.85. The van der Waals surface area contributed by atoms with E-state index in [1.807, 2.05) is 42.8 Å². The second kappa shape index (κ2) is 5.07. The van der Waals surface area contributed by atoms with Crippen LogP contribution in [0, 0.1) is 13.8 Å². The summed E-state index contributed by atoms with van der Waals surface area (Å²) in [6.45, 7) is 5.08. The fraction of sp³-hybridized carbons (Fsp3) is 0.267. The maximum absolute atomic E-state index is 5.94. The van der Waals surface area contributed by atoms with Crippen molar-refractivity contribution in [2.75, 3.05) is 0 Å². The van der Waals surface area contributed by atoms with E-state index in [9.17, 15) is 0 Å². The van der Waals surface area contributed by atoms with Crippen LogP contribution in [-0.4, -0.2) is 9.78 Å². The first-order valence-electron chi connectivity index (χ1n) is 6.50. The lowest BCUT2D eigenvalue weighted by molar-refractivity contribution is 0.498. The van der Waals surface area contributed by atoms with Crippen molar-refractivity contribution < 1.29 is 4.42 Å². The summed E-state index contributed by atoms with van der Waals surface area (Å²) >= 11 is 3.54. The van der Waals surface area contributed by atoms with Gasteiger partial charge in [-0.05, 0) is 35.8 Å². The lowest BCUT2D eigenvalue weighted by Crippen LogP contribution is -2.07. The van der Waals surface area contributed by atoms with E-state index in [4.69, 9.17) is 10.2 Å². The van der Waals surface area contributed by atoms with Crippen LogP contribution in [-0.2, 0) is 13.1 Å². The summed E-state index contributed by atoms with van der Waals surface area (Å²) < 4.78 is 8.93. The van der Waals surface area contributed by atoms with Crippen molar-refractivity contribution in [2.45, 2.75) is 26.9 Å². The van der Waals surface area contributed by atoms with Gasteiger partial charge in [0.2, 0.25) is 0 Å². The molecule has 0 saturated heterocycles. The normalized spacial score (nSPS) is 11.4. The van der Waals surface area contributed by atoms with Crippen LogP contribution in [0.4, 0.5) is 0 Å². The summed E-state index contributed by atoms with van der Waals surface area (Å²) in [6, 6.07) is 7.98. The van der Waals surface area contributed by atoms with Gasteiger partial charge in [-0.15, -0.1) is 0 Å². The van der Waals surface area contributed by atoms with Gasteiger partial charge < -0.3 is 10.2 Å². The number of aryl methyl sites for hydroxylation is 1. The van der Waals surface area contributed by atoms with Crippen LogP contribution in [0.5, 0.6) is 0 Å². The number of nitrogens with zero attached hydrogens (tertiary/aromatic N) is 2. The number of fused-ring (bicyclic) bond motifs is 1. The average molecular weight is 334 g/mol. The Balaban J connectivity index is 2.08. The van der Waals surface area contributed by atoms with Crippen LogP contribution >= 0.6 is 15.9 Å². The van der Waals surface area contributed by atoms with Crippen LogP contribution < -0.4 is 5.73 Å². The summed E-state index contributed by atoms with van der Waals surface area (Å²) in [5.41, 5.74) is 9.90. The number of aromatic nitrogens is 2. The molecule has 0 fully saturated rings. The first-order chi connectivity index (χ1) is 9.61. The number of furan rings is 1. The Morgan fingerprint density at radius 2 is 2.05 bits per heavy atom. The molecule has 4 nitrogen and oxygen atoms in total. The number of benzene rings is 1. The predicted molar refractivity (Wildman–Crippen MR) is 82.6 cm³/mol. The molecule has 3 rings (SSSR count). The zero-order chi connectivity index (χ0) is 14.3. The second-order valence-corrected chi connectivity index (χ2v) is 5.64. The molecular formula is C15H16BrN3O. The van der Waals surface area contributed by atoms with E-state index in [2.05, 4.69) is 21.0 Å². The quantitative estimate of drug-likeness (QED) is 0.797. The van der Waals surface area contributed by atoms with Crippen molar-refractivity contribution >= 4 is 26.9 Å². The molecule has 0 unspecified atom stereocenters. The van der Waals surface area contributed by atoms with Gasteiger partial charge in [0.15, 0.2) is 0 Å². The fourth-order valence-electron chi connectivity index (χ4n) is 2.47. The van der Waals surface area contributed by atoms with Gasteiger partial charge in [-0.25, -0.2) is 0 Å². The minimum atomic E-state index is 0.465. The Hall–Kier alpha value is -1.59. The molecular weight excluding hydrogens is 318 g/mol. The van der Waals surface area contributed by atoms with Crippen LogP contribution in [0.1, 0.15) is 22.7 Å². The minimum absolute atomic E-state index is 0.465. The standard InChI is InChI=1S/C15H16BrN3O/c1-9-15(16)10(2)19(18-9)8-14-12(7-17)11-5-3-4-6-13(11)20-14/h3-6H,7-8,17H2,1-2H3. The zero-order valence-electron chi connectivity index (χ0n) is 11.5. The zero-order valence-corrected chi connectivity index (χ0v) is 13.1. The summed E-state index contributed by atoms with van der Waals surface area (Å²) in [6.07, 6.45) is 0. The molecule has 2 aromatic heterocycles. The molecule has 0 amide bonds. The molecule has 0 aliphatic heterocycles. The molecule has 2 heterocycles. The van der Waals surface area contributed by atoms with Crippen molar-refractivity contribution in [1.82, 2.24) is 9.78 Å². The van der Waals surface area contributed by atoms with Gasteiger partial charge >= 0.3 is 0 Å². The number of hydrogen-bond donors (Lipinski definition) is 1.